The number of hydrogen-bond donors (Lipinski definition) is 2. The Labute approximate surface area is 141 Å². The number of aryl methyl sites for hydroxylation is 1. The summed E-state index contributed by atoms with van der Waals surface area (Å²) in [6.07, 6.45) is -3.76. The van der Waals surface area contributed by atoms with Gasteiger partial charge >= 0.3 is 6.18 Å². The van der Waals surface area contributed by atoms with Crippen molar-refractivity contribution in [1.82, 2.24) is 10.3 Å². The van der Waals surface area contributed by atoms with Gasteiger partial charge in [0.15, 0.2) is 5.69 Å². The molecule has 0 aliphatic carbocycles. The van der Waals surface area contributed by atoms with Crippen LogP contribution in [0.3, 0.4) is 0 Å². The lowest BCUT2D eigenvalue weighted by atomic mass is 10.1. The van der Waals surface area contributed by atoms with E-state index in [1.807, 2.05) is 12.1 Å². The third-order valence-electron chi connectivity index (χ3n) is 2.96. The zero-order chi connectivity index (χ0) is 16.2. The normalized spacial score (nSPS) is 10.9. The number of anilines is 1. The van der Waals surface area contributed by atoms with E-state index in [0.717, 1.165) is 22.3 Å². The number of amides is 1. The molecule has 2 aromatic rings. The van der Waals surface area contributed by atoms with Gasteiger partial charge in [0.25, 0.3) is 0 Å². The Morgan fingerprint density at radius 1 is 1.30 bits per heavy atom. The molecule has 0 aliphatic heterocycles. The van der Waals surface area contributed by atoms with Crippen molar-refractivity contribution in [1.29, 1.82) is 0 Å². The van der Waals surface area contributed by atoms with Crippen LogP contribution in [-0.4, -0.2) is 10.9 Å². The van der Waals surface area contributed by atoms with Crippen molar-refractivity contribution in [2.24, 2.45) is 0 Å². The number of nitrogens with one attached hydrogen (secondary N) is 1. The number of aromatic nitrogens is 1. The number of nitrogens with two attached hydrogens (primary N) is 1. The third kappa shape index (κ3) is 5.72. The van der Waals surface area contributed by atoms with Gasteiger partial charge in [0, 0.05) is 17.5 Å². The summed E-state index contributed by atoms with van der Waals surface area (Å²) in [5, 5.41) is 3.71. The first-order valence-electron chi connectivity index (χ1n) is 6.48. The summed E-state index contributed by atoms with van der Waals surface area (Å²) < 4.78 is 37.2. The highest BCUT2D eigenvalue weighted by Crippen LogP contribution is 2.29. The van der Waals surface area contributed by atoms with E-state index in [2.05, 4.69) is 10.3 Å². The van der Waals surface area contributed by atoms with Crippen LogP contribution < -0.4 is 11.1 Å². The molecule has 0 unspecified atom stereocenters. The maximum absolute atomic E-state index is 12.4. The van der Waals surface area contributed by atoms with E-state index in [4.69, 9.17) is 5.73 Å². The predicted molar refractivity (Wildman–Crippen MR) is 85.4 cm³/mol. The summed E-state index contributed by atoms with van der Waals surface area (Å²) in [5.74, 6) is -0.257. The minimum Gasteiger partial charge on any atom is -0.399 e. The second-order valence-corrected chi connectivity index (χ2v) is 5.54. The zero-order valence-corrected chi connectivity index (χ0v) is 13.5. The number of hydrogen-bond acceptors (Lipinski definition) is 4. The summed E-state index contributed by atoms with van der Waals surface area (Å²) in [6, 6.07) is 7.22. The lowest BCUT2D eigenvalue weighted by molar-refractivity contribution is -0.140. The highest BCUT2D eigenvalue weighted by molar-refractivity contribution is 7.09. The van der Waals surface area contributed by atoms with Crippen LogP contribution >= 0.6 is 23.7 Å². The van der Waals surface area contributed by atoms with Crippen molar-refractivity contribution in [3.05, 3.63) is 45.9 Å². The van der Waals surface area contributed by atoms with E-state index in [1.54, 1.807) is 12.1 Å². The van der Waals surface area contributed by atoms with Gasteiger partial charge in [-0.15, -0.1) is 23.7 Å². The van der Waals surface area contributed by atoms with Crippen LogP contribution in [0, 0.1) is 0 Å². The Morgan fingerprint density at radius 2 is 2.00 bits per heavy atom. The molecule has 0 bridgehead atoms. The number of halogens is 4. The number of benzene rings is 1. The van der Waals surface area contributed by atoms with Crippen molar-refractivity contribution >= 4 is 35.3 Å². The van der Waals surface area contributed by atoms with Crippen LogP contribution in [-0.2, 0) is 23.9 Å². The summed E-state index contributed by atoms with van der Waals surface area (Å²) in [4.78, 5) is 15.2. The van der Waals surface area contributed by atoms with E-state index in [9.17, 15) is 18.0 Å². The average Bonchev–Trinajstić information content (AvgIpc) is 2.93. The maximum Gasteiger partial charge on any atom is 0.434 e. The molecule has 3 N–H and O–H groups in total. The van der Waals surface area contributed by atoms with Crippen LogP contribution in [0.4, 0.5) is 18.9 Å². The van der Waals surface area contributed by atoms with Gasteiger partial charge in [0.1, 0.15) is 5.01 Å². The molecule has 2 rings (SSSR count). The maximum atomic E-state index is 12.4. The first-order valence-corrected chi connectivity index (χ1v) is 7.36. The molecule has 0 radical (unpaired) electrons. The van der Waals surface area contributed by atoms with Crippen molar-refractivity contribution in [3.8, 4) is 0 Å². The van der Waals surface area contributed by atoms with Gasteiger partial charge in [0.2, 0.25) is 5.91 Å². The van der Waals surface area contributed by atoms with Crippen molar-refractivity contribution < 1.29 is 18.0 Å². The highest BCUT2D eigenvalue weighted by atomic mass is 35.5. The molecule has 9 heteroatoms. The Hall–Kier alpha value is -1.80. The first kappa shape index (κ1) is 19.2. The fraction of sp³-hybridized carbons (Fsp3) is 0.286. The molecule has 0 spiro atoms. The number of alkyl halides is 3. The summed E-state index contributed by atoms with van der Waals surface area (Å²) >= 11 is 0.869. The van der Waals surface area contributed by atoms with E-state index < -0.39 is 11.9 Å². The molecule has 1 aromatic heterocycles. The third-order valence-corrected chi connectivity index (χ3v) is 3.80. The van der Waals surface area contributed by atoms with Crippen LogP contribution in [0.25, 0.3) is 0 Å². The Balaban J connectivity index is 0.00000264. The highest BCUT2D eigenvalue weighted by Gasteiger charge is 2.33. The fourth-order valence-corrected chi connectivity index (χ4v) is 2.54. The van der Waals surface area contributed by atoms with Gasteiger partial charge in [-0.2, -0.15) is 13.2 Å². The van der Waals surface area contributed by atoms with Gasteiger partial charge in [-0.3, -0.25) is 4.79 Å². The molecule has 0 fully saturated rings. The second-order valence-electron chi connectivity index (χ2n) is 4.60. The predicted octanol–water partition coefficient (Wildman–Crippen LogP) is 3.41. The summed E-state index contributed by atoms with van der Waals surface area (Å²) in [6.45, 7) is -0.0101. The number of carbonyl (C=O) groups is 1. The molecule has 0 saturated heterocycles. The molecule has 0 atom stereocenters. The van der Waals surface area contributed by atoms with Crippen LogP contribution in [0.5, 0.6) is 0 Å². The van der Waals surface area contributed by atoms with Crippen LogP contribution in [0.15, 0.2) is 29.6 Å². The lowest BCUT2D eigenvalue weighted by Gasteiger charge is -2.06. The molecule has 1 amide bonds. The number of carbonyl (C=O) groups excluding carboxylic acids is 1. The summed E-state index contributed by atoms with van der Waals surface area (Å²) in [5.41, 5.74) is 6.32. The van der Waals surface area contributed by atoms with Crippen molar-refractivity contribution in [3.63, 3.8) is 0 Å². The second kappa shape index (κ2) is 8.16. The van der Waals surface area contributed by atoms with Crippen molar-refractivity contribution in [2.45, 2.75) is 25.6 Å². The summed E-state index contributed by atoms with van der Waals surface area (Å²) in [7, 11) is 0. The Bertz CT molecular complexity index is 661. The minimum absolute atomic E-state index is 0. The van der Waals surface area contributed by atoms with Gasteiger partial charge in [-0.25, -0.2) is 4.98 Å². The quantitative estimate of drug-likeness (QED) is 0.798. The minimum atomic E-state index is -4.45. The molecule has 0 saturated carbocycles. The van der Waals surface area contributed by atoms with Gasteiger partial charge < -0.3 is 11.1 Å². The fourth-order valence-electron chi connectivity index (χ4n) is 1.79. The monoisotopic (exact) mass is 365 g/mol. The molecule has 1 aromatic carbocycles. The molecular weight excluding hydrogens is 351 g/mol. The standard InChI is InChI=1S/C14H14F3N3OS.ClH/c15-14(16,17)11-8-22-13(20-11)7-19-12(21)6-5-9-3-1-2-4-10(9)18;/h1-4,8H,5-7,18H2,(H,19,21);1H. The number of thiazole rings is 1. The number of nitrogens with zero attached hydrogens (tertiary/aromatic N) is 1. The Morgan fingerprint density at radius 3 is 2.61 bits per heavy atom. The van der Waals surface area contributed by atoms with Gasteiger partial charge in [0.05, 0.1) is 6.54 Å². The SMILES string of the molecule is Cl.Nc1ccccc1CCC(=O)NCc1nc(C(F)(F)F)cs1. The smallest absolute Gasteiger partial charge is 0.399 e. The van der Waals surface area contributed by atoms with E-state index in [0.29, 0.717) is 12.1 Å². The average molecular weight is 366 g/mol. The van der Waals surface area contributed by atoms with Gasteiger partial charge in [-0.1, -0.05) is 18.2 Å². The van der Waals surface area contributed by atoms with E-state index in [-0.39, 0.29) is 36.3 Å². The molecular formula is C14H15ClF3N3OS. The van der Waals surface area contributed by atoms with Gasteiger partial charge in [-0.05, 0) is 18.1 Å². The topological polar surface area (TPSA) is 68.0 Å². The van der Waals surface area contributed by atoms with E-state index in [1.165, 1.54) is 0 Å². The molecule has 0 aliphatic rings. The number of nitrogen functional groups attached to an aromatic ring is 1. The molecule has 126 valence electrons. The number of rotatable bonds is 5. The Kier molecular flexibility index (Phi) is 6.83. The van der Waals surface area contributed by atoms with E-state index >= 15 is 0 Å². The largest absolute Gasteiger partial charge is 0.434 e. The van der Waals surface area contributed by atoms with Crippen LogP contribution in [0.1, 0.15) is 22.7 Å². The first-order chi connectivity index (χ1) is 10.4. The van der Waals surface area contributed by atoms with Crippen LogP contribution in [0.2, 0.25) is 0 Å². The lowest BCUT2D eigenvalue weighted by Crippen LogP contribution is -2.23. The molecule has 4 nitrogen and oxygen atoms in total. The molecule has 1 heterocycles. The molecule has 23 heavy (non-hydrogen) atoms. The zero-order valence-electron chi connectivity index (χ0n) is 11.9. The van der Waals surface area contributed by atoms with Crippen molar-refractivity contribution in [2.75, 3.05) is 5.73 Å². The number of para-hydroxylation sites is 1.